The van der Waals surface area contributed by atoms with Gasteiger partial charge in [0.2, 0.25) is 6.79 Å². The first-order valence-corrected chi connectivity index (χ1v) is 8.28. The summed E-state index contributed by atoms with van der Waals surface area (Å²) >= 11 is 10.5. The Morgan fingerprint density at radius 2 is 1.70 bits per heavy atom. The molecule has 1 aliphatic rings. The minimum atomic E-state index is 0.289. The van der Waals surface area contributed by atoms with Crippen molar-refractivity contribution in [3.05, 3.63) is 49.3 Å². The van der Waals surface area contributed by atoms with Gasteiger partial charge in [0.05, 0.1) is 0 Å². The second-order valence-corrected chi connectivity index (χ2v) is 6.90. The lowest BCUT2D eigenvalue weighted by molar-refractivity contribution is 0.174. The average Bonchev–Trinajstić information content (AvgIpc) is 2.84. The van der Waals surface area contributed by atoms with Gasteiger partial charge in [0, 0.05) is 25.7 Å². The zero-order valence-corrected chi connectivity index (χ0v) is 15.0. The predicted octanol–water partition coefficient (Wildman–Crippen LogP) is 5.31. The summed E-state index contributed by atoms with van der Waals surface area (Å²) in [4.78, 5) is 0. The SMILES string of the molecule is Brc1ccc(NCc2cc3c(cc2Br)OCO3)c(Br)c1. The van der Waals surface area contributed by atoms with Crippen LogP contribution in [0.2, 0.25) is 0 Å². The molecule has 2 aromatic rings. The van der Waals surface area contributed by atoms with Gasteiger partial charge in [0.1, 0.15) is 0 Å². The molecule has 0 unspecified atom stereocenters. The maximum Gasteiger partial charge on any atom is 0.231 e. The van der Waals surface area contributed by atoms with Crippen molar-refractivity contribution in [2.24, 2.45) is 0 Å². The number of hydrogen-bond acceptors (Lipinski definition) is 3. The molecule has 0 radical (unpaired) electrons. The molecule has 0 aliphatic carbocycles. The molecule has 104 valence electrons. The summed E-state index contributed by atoms with van der Waals surface area (Å²) in [7, 11) is 0. The van der Waals surface area contributed by atoms with Gasteiger partial charge in [-0.1, -0.05) is 31.9 Å². The van der Waals surface area contributed by atoms with Gasteiger partial charge in [-0.05, 0) is 51.8 Å². The molecular formula is C14H10Br3NO2. The first kappa shape index (κ1) is 14.2. The smallest absolute Gasteiger partial charge is 0.231 e. The second-order valence-electron chi connectivity index (χ2n) is 4.27. The summed E-state index contributed by atoms with van der Waals surface area (Å²) in [5, 5.41) is 3.39. The van der Waals surface area contributed by atoms with Crippen molar-refractivity contribution in [1.82, 2.24) is 0 Å². The van der Waals surface area contributed by atoms with E-state index in [-0.39, 0.29) is 6.79 Å². The topological polar surface area (TPSA) is 30.5 Å². The van der Waals surface area contributed by atoms with E-state index in [0.717, 1.165) is 36.2 Å². The largest absolute Gasteiger partial charge is 0.454 e. The highest BCUT2D eigenvalue weighted by Crippen LogP contribution is 2.37. The number of rotatable bonds is 3. The molecule has 0 fully saturated rings. The number of benzene rings is 2. The summed E-state index contributed by atoms with van der Waals surface area (Å²) in [6.07, 6.45) is 0. The summed E-state index contributed by atoms with van der Waals surface area (Å²) in [5.74, 6) is 1.57. The van der Waals surface area contributed by atoms with E-state index >= 15 is 0 Å². The molecule has 0 saturated carbocycles. The molecule has 6 heteroatoms. The molecule has 0 aromatic heterocycles. The third-order valence-electron chi connectivity index (χ3n) is 2.94. The maximum atomic E-state index is 5.40. The number of ether oxygens (including phenoxy) is 2. The maximum absolute atomic E-state index is 5.40. The highest BCUT2D eigenvalue weighted by Gasteiger charge is 2.16. The van der Waals surface area contributed by atoms with Crippen LogP contribution < -0.4 is 14.8 Å². The monoisotopic (exact) mass is 461 g/mol. The Labute approximate surface area is 142 Å². The molecular weight excluding hydrogens is 454 g/mol. The van der Waals surface area contributed by atoms with Crippen molar-refractivity contribution in [2.75, 3.05) is 12.1 Å². The molecule has 20 heavy (non-hydrogen) atoms. The van der Waals surface area contributed by atoms with Gasteiger partial charge in [-0.25, -0.2) is 0 Å². The molecule has 1 N–H and O–H groups in total. The van der Waals surface area contributed by atoms with Crippen molar-refractivity contribution >= 4 is 53.5 Å². The van der Waals surface area contributed by atoms with Crippen molar-refractivity contribution < 1.29 is 9.47 Å². The number of fused-ring (bicyclic) bond motifs is 1. The van der Waals surface area contributed by atoms with Crippen molar-refractivity contribution in [3.63, 3.8) is 0 Å². The Morgan fingerprint density at radius 3 is 2.45 bits per heavy atom. The van der Waals surface area contributed by atoms with Crippen molar-refractivity contribution in [3.8, 4) is 11.5 Å². The van der Waals surface area contributed by atoms with E-state index in [1.807, 2.05) is 30.3 Å². The highest BCUT2D eigenvalue weighted by atomic mass is 79.9. The van der Waals surface area contributed by atoms with E-state index in [1.165, 1.54) is 0 Å². The van der Waals surface area contributed by atoms with Crippen LogP contribution in [0.15, 0.2) is 43.7 Å². The Bertz CT molecular complexity index is 661. The first-order chi connectivity index (χ1) is 9.63. The zero-order valence-electron chi connectivity index (χ0n) is 10.3. The van der Waals surface area contributed by atoms with Crippen molar-refractivity contribution in [2.45, 2.75) is 6.54 Å². The van der Waals surface area contributed by atoms with E-state index in [2.05, 4.69) is 53.1 Å². The predicted molar refractivity (Wildman–Crippen MR) is 89.4 cm³/mol. The summed E-state index contributed by atoms with van der Waals surface area (Å²) in [6, 6.07) is 9.97. The average molecular weight is 464 g/mol. The van der Waals surface area contributed by atoms with E-state index in [0.29, 0.717) is 6.54 Å². The van der Waals surface area contributed by atoms with E-state index in [1.54, 1.807) is 0 Å². The minimum Gasteiger partial charge on any atom is -0.454 e. The Kier molecular flexibility index (Phi) is 4.23. The molecule has 0 bridgehead atoms. The molecule has 1 aliphatic heterocycles. The van der Waals surface area contributed by atoms with Gasteiger partial charge in [-0.15, -0.1) is 0 Å². The van der Waals surface area contributed by atoms with Crippen LogP contribution in [-0.4, -0.2) is 6.79 Å². The number of halogens is 3. The first-order valence-electron chi connectivity index (χ1n) is 5.90. The number of nitrogens with one attached hydrogen (secondary N) is 1. The fourth-order valence-electron chi connectivity index (χ4n) is 1.92. The lowest BCUT2D eigenvalue weighted by Gasteiger charge is -2.11. The minimum absolute atomic E-state index is 0.289. The standard InChI is InChI=1S/C14H10Br3NO2/c15-9-1-2-12(11(17)4-9)18-6-8-3-13-14(5-10(8)16)20-7-19-13/h1-5,18H,6-7H2. The third kappa shape index (κ3) is 2.97. The molecule has 0 atom stereocenters. The summed E-state index contributed by atoms with van der Waals surface area (Å²) in [6.45, 7) is 0.981. The quantitative estimate of drug-likeness (QED) is 0.668. The number of anilines is 1. The lowest BCUT2D eigenvalue weighted by atomic mass is 10.2. The highest BCUT2D eigenvalue weighted by molar-refractivity contribution is 9.11. The Hall–Kier alpha value is -0.720. The fourth-order valence-corrected chi connectivity index (χ4v) is 3.57. The van der Waals surface area contributed by atoms with E-state index < -0.39 is 0 Å². The van der Waals surface area contributed by atoms with Crippen LogP contribution in [0, 0.1) is 0 Å². The zero-order chi connectivity index (χ0) is 14.1. The Balaban J connectivity index is 1.78. The van der Waals surface area contributed by atoms with Crippen molar-refractivity contribution in [1.29, 1.82) is 0 Å². The normalized spacial score (nSPS) is 12.6. The second kappa shape index (κ2) is 5.95. The van der Waals surface area contributed by atoms with E-state index in [9.17, 15) is 0 Å². The molecule has 3 nitrogen and oxygen atoms in total. The van der Waals surface area contributed by atoms with E-state index in [4.69, 9.17) is 9.47 Å². The van der Waals surface area contributed by atoms with Crippen LogP contribution in [0.1, 0.15) is 5.56 Å². The van der Waals surface area contributed by atoms with Crippen LogP contribution in [-0.2, 0) is 6.54 Å². The number of hydrogen-bond donors (Lipinski definition) is 1. The summed E-state index contributed by atoms with van der Waals surface area (Å²) in [5.41, 5.74) is 2.15. The summed E-state index contributed by atoms with van der Waals surface area (Å²) < 4.78 is 13.8. The lowest BCUT2D eigenvalue weighted by Crippen LogP contribution is -2.01. The van der Waals surface area contributed by atoms with Gasteiger partial charge in [0.25, 0.3) is 0 Å². The Morgan fingerprint density at radius 1 is 0.950 bits per heavy atom. The van der Waals surface area contributed by atoms with Crippen LogP contribution in [0.5, 0.6) is 11.5 Å². The van der Waals surface area contributed by atoms with Crippen LogP contribution in [0.25, 0.3) is 0 Å². The van der Waals surface area contributed by atoms with Crippen LogP contribution in [0.3, 0.4) is 0 Å². The molecule has 3 rings (SSSR count). The fraction of sp³-hybridized carbons (Fsp3) is 0.143. The molecule has 1 heterocycles. The molecule has 2 aromatic carbocycles. The van der Waals surface area contributed by atoms with Gasteiger partial charge >= 0.3 is 0 Å². The van der Waals surface area contributed by atoms with Gasteiger partial charge in [0.15, 0.2) is 11.5 Å². The van der Waals surface area contributed by atoms with Crippen LogP contribution in [0.4, 0.5) is 5.69 Å². The van der Waals surface area contributed by atoms with Crippen LogP contribution >= 0.6 is 47.8 Å². The molecule has 0 spiro atoms. The molecule has 0 amide bonds. The van der Waals surface area contributed by atoms with Gasteiger partial charge in [-0.3, -0.25) is 0 Å². The van der Waals surface area contributed by atoms with Gasteiger partial charge in [-0.2, -0.15) is 0 Å². The third-order valence-corrected chi connectivity index (χ3v) is 4.83. The molecule has 0 saturated heterocycles. The van der Waals surface area contributed by atoms with Gasteiger partial charge < -0.3 is 14.8 Å².